The Balaban J connectivity index is 2.27. The maximum atomic E-state index is 5.53. The van der Waals surface area contributed by atoms with E-state index in [9.17, 15) is 0 Å². The largest absolute Gasteiger partial charge is 0.324 e. The van der Waals surface area contributed by atoms with E-state index in [0.29, 0.717) is 19.8 Å². The van der Waals surface area contributed by atoms with Crippen molar-refractivity contribution in [2.24, 2.45) is 0 Å². The number of ether oxygens (including phenoxy) is 3. The highest BCUT2D eigenvalue weighted by Gasteiger charge is 2.39. The van der Waals surface area contributed by atoms with Crippen molar-refractivity contribution in [3.05, 3.63) is 35.9 Å². The first-order chi connectivity index (χ1) is 6.87. The Labute approximate surface area is 83.6 Å². The third-order valence-electron chi connectivity index (χ3n) is 2.13. The minimum absolute atomic E-state index is 0.564. The van der Waals surface area contributed by atoms with Gasteiger partial charge in [-0.15, -0.1) is 0 Å². The normalized spacial score (nSPS) is 19.8. The molecule has 0 atom stereocenters. The third kappa shape index (κ3) is 1.66. The molecular formula is C11H14O3. The van der Waals surface area contributed by atoms with Crippen LogP contribution in [0.1, 0.15) is 12.5 Å². The minimum Gasteiger partial charge on any atom is -0.324 e. The lowest BCUT2D eigenvalue weighted by atomic mass is 10.2. The zero-order valence-electron chi connectivity index (χ0n) is 8.23. The summed E-state index contributed by atoms with van der Waals surface area (Å²) >= 11 is 0. The van der Waals surface area contributed by atoms with E-state index >= 15 is 0 Å². The molecular weight excluding hydrogens is 180 g/mol. The number of benzene rings is 1. The van der Waals surface area contributed by atoms with Crippen LogP contribution in [0.3, 0.4) is 0 Å². The van der Waals surface area contributed by atoms with Gasteiger partial charge in [0.15, 0.2) is 0 Å². The molecule has 1 fully saturated rings. The molecule has 3 nitrogen and oxygen atoms in total. The highest BCUT2D eigenvalue weighted by molar-refractivity contribution is 5.18. The van der Waals surface area contributed by atoms with Crippen LogP contribution in [0, 0.1) is 0 Å². The average molecular weight is 194 g/mol. The van der Waals surface area contributed by atoms with Crippen molar-refractivity contribution < 1.29 is 14.2 Å². The second kappa shape index (κ2) is 4.09. The Morgan fingerprint density at radius 1 is 1.21 bits per heavy atom. The van der Waals surface area contributed by atoms with Gasteiger partial charge in [0.2, 0.25) is 0 Å². The predicted molar refractivity (Wildman–Crippen MR) is 51.7 cm³/mol. The van der Waals surface area contributed by atoms with Gasteiger partial charge in [0, 0.05) is 12.2 Å². The van der Waals surface area contributed by atoms with Gasteiger partial charge in [-0.2, -0.15) is 0 Å². The van der Waals surface area contributed by atoms with Gasteiger partial charge in [0.25, 0.3) is 0 Å². The summed E-state index contributed by atoms with van der Waals surface area (Å²) in [5, 5.41) is 0. The van der Waals surface area contributed by atoms with Crippen molar-refractivity contribution in [1.29, 1.82) is 0 Å². The lowest BCUT2D eigenvalue weighted by Crippen LogP contribution is -2.30. The molecule has 0 aromatic heterocycles. The fourth-order valence-electron chi connectivity index (χ4n) is 1.56. The summed E-state index contributed by atoms with van der Waals surface area (Å²) in [5.41, 5.74) is 0.916. The van der Waals surface area contributed by atoms with Crippen LogP contribution in [-0.2, 0) is 20.2 Å². The Kier molecular flexibility index (Phi) is 2.82. The fourth-order valence-corrected chi connectivity index (χ4v) is 1.56. The van der Waals surface area contributed by atoms with Crippen LogP contribution in [0.25, 0.3) is 0 Å². The van der Waals surface area contributed by atoms with Gasteiger partial charge in [0.1, 0.15) is 0 Å². The molecule has 0 bridgehead atoms. The first kappa shape index (κ1) is 9.65. The molecule has 1 aliphatic heterocycles. The Hall–Kier alpha value is -0.900. The van der Waals surface area contributed by atoms with Crippen LogP contribution in [0.4, 0.5) is 0 Å². The molecule has 1 aliphatic rings. The Morgan fingerprint density at radius 3 is 2.43 bits per heavy atom. The van der Waals surface area contributed by atoms with Crippen molar-refractivity contribution in [2.45, 2.75) is 12.9 Å². The van der Waals surface area contributed by atoms with Crippen LogP contribution >= 0.6 is 0 Å². The van der Waals surface area contributed by atoms with Crippen molar-refractivity contribution in [2.75, 3.05) is 19.8 Å². The molecule has 0 radical (unpaired) electrons. The van der Waals surface area contributed by atoms with Gasteiger partial charge in [-0.3, -0.25) is 0 Å². The molecule has 3 heteroatoms. The van der Waals surface area contributed by atoms with Gasteiger partial charge < -0.3 is 14.2 Å². The van der Waals surface area contributed by atoms with E-state index in [1.54, 1.807) is 0 Å². The van der Waals surface area contributed by atoms with E-state index in [2.05, 4.69) is 0 Å². The van der Waals surface area contributed by atoms with Gasteiger partial charge in [-0.1, -0.05) is 30.3 Å². The molecule has 14 heavy (non-hydrogen) atoms. The van der Waals surface area contributed by atoms with E-state index < -0.39 is 5.97 Å². The van der Waals surface area contributed by atoms with Crippen LogP contribution in [0.5, 0.6) is 0 Å². The number of rotatable bonds is 3. The molecule has 1 heterocycles. The summed E-state index contributed by atoms with van der Waals surface area (Å²) in [6.07, 6.45) is 0. The van der Waals surface area contributed by atoms with Crippen LogP contribution in [0.15, 0.2) is 30.3 Å². The minimum atomic E-state index is -0.962. The standard InChI is InChI=1S/C11H14O3/c1-2-12-11(13-8-9-14-11)10-6-4-3-5-7-10/h3-7H,2,8-9H2,1H3. The molecule has 0 unspecified atom stereocenters. The molecule has 1 aromatic carbocycles. The average Bonchev–Trinajstić information content (AvgIpc) is 2.70. The monoisotopic (exact) mass is 194 g/mol. The molecule has 2 rings (SSSR count). The molecule has 0 N–H and O–H groups in total. The van der Waals surface area contributed by atoms with Crippen molar-refractivity contribution in [1.82, 2.24) is 0 Å². The smallest absolute Gasteiger partial charge is 0.312 e. The van der Waals surface area contributed by atoms with E-state index in [1.165, 1.54) is 0 Å². The molecule has 1 aromatic rings. The van der Waals surface area contributed by atoms with E-state index in [4.69, 9.17) is 14.2 Å². The molecule has 0 spiro atoms. The maximum Gasteiger partial charge on any atom is 0.312 e. The predicted octanol–water partition coefficient (Wildman–Crippen LogP) is 1.88. The summed E-state index contributed by atoms with van der Waals surface area (Å²) in [6.45, 7) is 3.65. The second-order valence-electron chi connectivity index (χ2n) is 3.05. The maximum absolute atomic E-state index is 5.53. The number of hydrogen-bond donors (Lipinski definition) is 0. The fraction of sp³-hybridized carbons (Fsp3) is 0.455. The highest BCUT2D eigenvalue weighted by Crippen LogP contribution is 2.32. The topological polar surface area (TPSA) is 27.7 Å². The zero-order valence-corrected chi connectivity index (χ0v) is 8.23. The van der Waals surface area contributed by atoms with Crippen LogP contribution in [-0.4, -0.2) is 19.8 Å². The van der Waals surface area contributed by atoms with Gasteiger partial charge in [-0.05, 0) is 6.92 Å². The van der Waals surface area contributed by atoms with E-state index in [1.807, 2.05) is 37.3 Å². The summed E-state index contributed by atoms with van der Waals surface area (Å²) in [5.74, 6) is -0.962. The Bertz CT molecular complexity index is 278. The van der Waals surface area contributed by atoms with Gasteiger partial charge in [0.05, 0.1) is 13.2 Å². The van der Waals surface area contributed by atoms with Gasteiger partial charge >= 0.3 is 5.97 Å². The molecule has 1 saturated heterocycles. The molecule has 76 valence electrons. The molecule has 0 amide bonds. The van der Waals surface area contributed by atoms with E-state index in [-0.39, 0.29) is 0 Å². The summed E-state index contributed by atoms with van der Waals surface area (Å²) < 4.78 is 16.6. The van der Waals surface area contributed by atoms with E-state index in [0.717, 1.165) is 5.56 Å². The summed E-state index contributed by atoms with van der Waals surface area (Å²) in [7, 11) is 0. The SMILES string of the molecule is CCOC1(c2ccccc2)OCCO1. The van der Waals surface area contributed by atoms with Crippen molar-refractivity contribution >= 4 is 0 Å². The first-order valence-corrected chi connectivity index (χ1v) is 4.85. The van der Waals surface area contributed by atoms with Crippen LogP contribution in [0.2, 0.25) is 0 Å². The zero-order chi connectivity index (χ0) is 9.86. The van der Waals surface area contributed by atoms with Gasteiger partial charge in [-0.25, -0.2) is 0 Å². The lowest BCUT2D eigenvalue weighted by Gasteiger charge is -2.26. The van der Waals surface area contributed by atoms with Crippen molar-refractivity contribution in [3.63, 3.8) is 0 Å². The summed E-state index contributed by atoms with van der Waals surface area (Å²) in [6, 6.07) is 9.74. The van der Waals surface area contributed by atoms with Crippen LogP contribution < -0.4 is 0 Å². The van der Waals surface area contributed by atoms with Crippen molar-refractivity contribution in [3.8, 4) is 0 Å². The lowest BCUT2D eigenvalue weighted by molar-refractivity contribution is -0.341. The molecule has 0 aliphatic carbocycles. The Morgan fingerprint density at radius 2 is 1.86 bits per heavy atom. The summed E-state index contributed by atoms with van der Waals surface area (Å²) in [4.78, 5) is 0. The quantitative estimate of drug-likeness (QED) is 0.735. The highest BCUT2D eigenvalue weighted by atomic mass is 16.9. The molecule has 0 saturated carbocycles. The third-order valence-corrected chi connectivity index (χ3v) is 2.13. The second-order valence-corrected chi connectivity index (χ2v) is 3.05. The first-order valence-electron chi connectivity index (χ1n) is 4.85. The number of hydrogen-bond acceptors (Lipinski definition) is 3.